The highest BCUT2D eigenvalue weighted by molar-refractivity contribution is 7.15. The Morgan fingerprint density at radius 2 is 2.38 bits per heavy atom. The van der Waals surface area contributed by atoms with Gasteiger partial charge in [-0.05, 0) is 19.8 Å². The van der Waals surface area contributed by atoms with Crippen molar-refractivity contribution in [1.29, 1.82) is 0 Å². The monoisotopic (exact) mass is 197 g/mol. The molecular weight excluding hydrogens is 182 g/mol. The third-order valence-electron chi connectivity index (χ3n) is 2.36. The smallest absolute Gasteiger partial charge is 0.185 e. The number of anilines is 1. The van der Waals surface area contributed by atoms with Gasteiger partial charge in [0.05, 0.1) is 0 Å². The number of rotatable bonds is 3. The molecule has 1 fully saturated rings. The molecule has 0 amide bonds. The molecule has 1 heterocycles. The zero-order valence-corrected chi connectivity index (χ0v) is 8.84. The molecule has 0 saturated heterocycles. The van der Waals surface area contributed by atoms with Crippen LogP contribution in [0, 0.1) is 0 Å². The third-order valence-corrected chi connectivity index (χ3v) is 3.65. The van der Waals surface area contributed by atoms with Gasteiger partial charge in [0, 0.05) is 30.2 Å². The van der Waals surface area contributed by atoms with Crippen molar-refractivity contribution in [1.82, 2.24) is 4.98 Å². The average Bonchev–Trinajstić information content (AvgIpc) is 2.81. The van der Waals surface area contributed by atoms with E-state index in [1.807, 2.05) is 13.1 Å². The number of aromatic nitrogens is 1. The quantitative estimate of drug-likeness (QED) is 0.803. The molecule has 1 aliphatic rings. The van der Waals surface area contributed by atoms with E-state index in [1.165, 1.54) is 17.7 Å². The second-order valence-electron chi connectivity index (χ2n) is 3.68. The largest absolute Gasteiger partial charge is 0.348 e. The van der Waals surface area contributed by atoms with Gasteiger partial charge >= 0.3 is 0 Å². The first kappa shape index (κ1) is 8.97. The molecule has 1 unspecified atom stereocenters. The maximum absolute atomic E-state index is 5.77. The number of hydrogen-bond donors (Lipinski definition) is 1. The van der Waals surface area contributed by atoms with Crippen LogP contribution < -0.4 is 10.6 Å². The Balaban J connectivity index is 2.11. The number of hydrogen-bond acceptors (Lipinski definition) is 4. The van der Waals surface area contributed by atoms with Crippen LogP contribution in [-0.2, 0) is 0 Å². The van der Waals surface area contributed by atoms with E-state index in [0.29, 0.717) is 0 Å². The number of thiazole rings is 1. The maximum atomic E-state index is 5.77. The molecule has 1 aromatic heterocycles. The highest BCUT2D eigenvalue weighted by Crippen LogP contribution is 2.33. The van der Waals surface area contributed by atoms with Crippen molar-refractivity contribution in [3.8, 4) is 0 Å². The predicted molar refractivity (Wildman–Crippen MR) is 56.1 cm³/mol. The first-order valence-electron chi connectivity index (χ1n) is 4.62. The third kappa shape index (κ3) is 1.84. The van der Waals surface area contributed by atoms with E-state index >= 15 is 0 Å². The van der Waals surface area contributed by atoms with Crippen LogP contribution in [0.2, 0.25) is 0 Å². The van der Waals surface area contributed by atoms with Gasteiger partial charge in [-0.15, -0.1) is 11.3 Å². The van der Waals surface area contributed by atoms with Crippen molar-refractivity contribution in [2.75, 3.05) is 11.9 Å². The summed E-state index contributed by atoms with van der Waals surface area (Å²) in [6.07, 6.45) is 4.51. The molecule has 72 valence electrons. The van der Waals surface area contributed by atoms with Crippen LogP contribution in [0.5, 0.6) is 0 Å². The molecule has 3 nitrogen and oxygen atoms in total. The van der Waals surface area contributed by atoms with Gasteiger partial charge in [0.2, 0.25) is 0 Å². The summed E-state index contributed by atoms with van der Waals surface area (Å²) in [5.74, 6) is 0. The normalized spacial score (nSPS) is 18.7. The molecule has 13 heavy (non-hydrogen) atoms. The molecule has 0 radical (unpaired) electrons. The van der Waals surface area contributed by atoms with Gasteiger partial charge in [0.15, 0.2) is 5.13 Å². The van der Waals surface area contributed by atoms with Crippen LogP contribution in [0.4, 0.5) is 5.13 Å². The first-order valence-corrected chi connectivity index (χ1v) is 5.44. The van der Waals surface area contributed by atoms with E-state index in [0.717, 1.165) is 11.2 Å². The van der Waals surface area contributed by atoms with Gasteiger partial charge in [-0.25, -0.2) is 4.98 Å². The minimum atomic E-state index is 0.110. The number of nitrogens with zero attached hydrogens (tertiary/aromatic N) is 2. The topological polar surface area (TPSA) is 42.1 Å². The maximum Gasteiger partial charge on any atom is 0.185 e. The summed E-state index contributed by atoms with van der Waals surface area (Å²) in [6.45, 7) is 1.99. The van der Waals surface area contributed by atoms with E-state index in [-0.39, 0.29) is 6.04 Å². The Morgan fingerprint density at radius 3 is 2.85 bits per heavy atom. The van der Waals surface area contributed by atoms with Crippen molar-refractivity contribution in [3.63, 3.8) is 0 Å². The zero-order valence-electron chi connectivity index (χ0n) is 8.03. The molecule has 1 atom stereocenters. The molecule has 4 heteroatoms. The molecule has 0 bridgehead atoms. The highest BCUT2D eigenvalue weighted by Gasteiger charge is 2.28. The van der Waals surface area contributed by atoms with Gasteiger partial charge in [-0.3, -0.25) is 0 Å². The van der Waals surface area contributed by atoms with Gasteiger partial charge in [-0.1, -0.05) is 0 Å². The van der Waals surface area contributed by atoms with Crippen molar-refractivity contribution < 1.29 is 0 Å². The molecule has 1 aromatic rings. The molecular formula is C9H15N3S. The molecule has 2 rings (SSSR count). The van der Waals surface area contributed by atoms with Crippen LogP contribution >= 0.6 is 11.3 Å². The second kappa shape index (κ2) is 3.27. The van der Waals surface area contributed by atoms with E-state index in [4.69, 9.17) is 5.73 Å². The Hall–Kier alpha value is -0.610. The second-order valence-corrected chi connectivity index (χ2v) is 4.72. The summed E-state index contributed by atoms with van der Waals surface area (Å²) in [7, 11) is 2.11. The van der Waals surface area contributed by atoms with E-state index < -0.39 is 0 Å². The van der Waals surface area contributed by atoms with Crippen LogP contribution in [0.25, 0.3) is 0 Å². The van der Waals surface area contributed by atoms with Crippen molar-refractivity contribution in [2.24, 2.45) is 5.73 Å². The summed E-state index contributed by atoms with van der Waals surface area (Å²) >= 11 is 1.71. The fourth-order valence-corrected chi connectivity index (χ4v) is 2.17. The van der Waals surface area contributed by atoms with Crippen molar-refractivity contribution >= 4 is 16.5 Å². The zero-order chi connectivity index (χ0) is 9.42. The molecule has 1 saturated carbocycles. The van der Waals surface area contributed by atoms with Crippen LogP contribution in [0.15, 0.2) is 6.20 Å². The van der Waals surface area contributed by atoms with Crippen molar-refractivity contribution in [3.05, 3.63) is 11.1 Å². The molecule has 0 aliphatic heterocycles. The molecule has 0 aromatic carbocycles. The fraction of sp³-hybridized carbons (Fsp3) is 0.667. The van der Waals surface area contributed by atoms with Gasteiger partial charge < -0.3 is 10.6 Å². The van der Waals surface area contributed by atoms with Crippen LogP contribution in [0.1, 0.15) is 30.7 Å². The lowest BCUT2D eigenvalue weighted by molar-refractivity contribution is 0.834. The minimum absolute atomic E-state index is 0.110. The minimum Gasteiger partial charge on any atom is -0.348 e. The summed E-state index contributed by atoms with van der Waals surface area (Å²) in [5.41, 5.74) is 5.77. The van der Waals surface area contributed by atoms with Crippen LogP contribution in [-0.4, -0.2) is 18.1 Å². The lowest BCUT2D eigenvalue weighted by Crippen LogP contribution is -2.18. The molecule has 0 spiro atoms. The summed E-state index contributed by atoms with van der Waals surface area (Å²) in [4.78, 5) is 7.79. The Labute approximate surface area is 82.6 Å². The lowest BCUT2D eigenvalue weighted by Gasteiger charge is -2.13. The standard InChI is InChI=1S/C9H15N3S/c1-6(10)8-5-11-9(13-8)12(2)7-3-4-7/h5-7H,3-4,10H2,1-2H3. The highest BCUT2D eigenvalue weighted by atomic mass is 32.1. The van der Waals surface area contributed by atoms with Gasteiger partial charge in [0.25, 0.3) is 0 Å². The predicted octanol–water partition coefficient (Wildman–Crippen LogP) is 1.76. The Morgan fingerprint density at radius 1 is 1.69 bits per heavy atom. The molecule has 2 N–H and O–H groups in total. The first-order chi connectivity index (χ1) is 6.18. The Bertz CT molecular complexity index is 291. The summed E-state index contributed by atoms with van der Waals surface area (Å²) in [6, 6.07) is 0.839. The lowest BCUT2D eigenvalue weighted by atomic mass is 10.3. The average molecular weight is 197 g/mol. The van der Waals surface area contributed by atoms with Gasteiger partial charge in [-0.2, -0.15) is 0 Å². The van der Waals surface area contributed by atoms with E-state index in [1.54, 1.807) is 11.3 Å². The Kier molecular flexibility index (Phi) is 2.26. The molecule has 1 aliphatic carbocycles. The number of nitrogens with two attached hydrogens (primary N) is 1. The van der Waals surface area contributed by atoms with Crippen molar-refractivity contribution in [2.45, 2.75) is 31.8 Å². The fourth-order valence-electron chi connectivity index (χ4n) is 1.27. The SMILES string of the molecule is CC(N)c1cnc(N(C)C2CC2)s1. The van der Waals surface area contributed by atoms with E-state index in [2.05, 4.69) is 16.9 Å². The van der Waals surface area contributed by atoms with Crippen LogP contribution in [0.3, 0.4) is 0 Å². The van der Waals surface area contributed by atoms with E-state index in [9.17, 15) is 0 Å². The summed E-state index contributed by atoms with van der Waals surface area (Å²) < 4.78 is 0. The van der Waals surface area contributed by atoms with Gasteiger partial charge in [0.1, 0.15) is 0 Å². The summed E-state index contributed by atoms with van der Waals surface area (Å²) in [5, 5.41) is 1.11.